The van der Waals surface area contributed by atoms with Crippen LogP contribution < -0.4 is 5.32 Å². The summed E-state index contributed by atoms with van der Waals surface area (Å²) in [6.07, 6.45) is 3.64. The fourth-order valence-electron chi connectivity index (χ4n) is 2.48. The van der Waals surface area contributed by atoms with Gasteiger partial charge in [-0.05, 0) is 25.3 Å². The minimum Gasteiger partial charge on any atom is -0.314 e. The van der Waals surface area contributed by atoms with E-state index in [2.05, 4.69) is 28.2 Å². The van der Waals surface area contributed by atoms with Crippen LogP contribution in [0.2, 0.25) is 0 Å². The highest BCUT2D eigenvalue weighted by atomic mass is 15.2. The third kappa shape index (κ3) is 2.87. The van der Waals surface area contributed by atoms with Crippen LogP contribution in [-0.2, 0) is 13.0 Å². The lowest BCUT2D eigenvalue weighted by Crippen LogP contribution is -2.43. The second-order valence-corrected chi connectivity index (χ2v) is 5.35. The van der Waals surface area contributed by atoms with Crippen LogP contribution in [0.1, 0.15) is 42.9 Å². The van der Waals surface area contributed by atoms with Gasteiger partial charge in [0.15, 0.2) is 0 Å². The predicted octanol–water partition coefficient (Wildman–Crippen LogP) is 1.32. The Morgan fingerprint density at radius 3 is 2.72 bits per heavy atom. The Hall–Kier alpha value is -1.00. The molecule has 1 saturated heterocycles. The van der Waals surface area contributed by atoms with Gasteiger partial charge < -0.3 is 5.32 Å². The molecular weight excluding hydrogens is 224 g/mol. The molecule has 1 aromatic heterocycles. The number of nitrogens with one attached hydrogen (secondary N) is 1. The molecule has 0 unspecified atom stereocenters. The second-order valence-electron chi connectivity index (χ2n) is 5.35. The average Bonchev–Trinajstić information content (AvgIpc) is 3.24. The van der Waals surface area contributed by atoms with Crippen molar-refractivity contribution in [2.45, 2.75) is 38.6 Å². The number of nitrogens with zero attached hydrogens (tertiary/aromatic N) is 3. The van der Waals surface area contributed by atoms with Crippen LogP contribution in [0.4, 0.5) is 0 Å². The van der Waals surface area contributed by atoms with Gasteiger partial charge in [0.05, 0.1) is 6.54 Å². The summed E-state index contributed by atoms with van der Waals surface area (Å²) in [5, 5.41) is 3.38. The van der Waals surface area contributed by atoms with Crippen LogP contribution in [-0.4, -0.2) is 41.0 Å². The van der Waals surface area contributed by atoms with Crippen LogP contribution in [0.5, 0.6) is 0 Å². The maximum atomic E-state index is 4.76. The summed E-state index contributed by atoms with van der Waals surface area (Å²) < 4.78 is 0. The van der Waals surface area contributed by atoms with E-state index in [0.29, 0.717) is 0 Å². The second kappa shape index (κ2) is 5.33. The van der Waals surface area contributed by atoms with Crippen molar-refractivity contribution < 1.29 is 0 Å². The zero-order valence-electron chi connectivity index (χ0n) is 11.2. The van der Waals surface area contributed by atoms with Gasteiger partial charge in [-0.25, -0.2) is 9.97 Å². The topological polar surface area (TPSA) is 41.1 Å². The van der Waals surface area contributed by atoms with Gasteiger partial charge in [0, 0.05) is 43.5 Å². The maximum absolute atomic E-state index is 4.76. The van der Waals surface area contributed by atoms with Gasteiger partial charge in [0.2, 0.25) is 0 Å². The molecular formula is C14H22N4. The van der Waals surface area contributed by atoms with Gasteiger partial charge in [-0.15, -0.1) is 0 Å². The van der Waals surface area contributed by atoms with E-state index >= 15 is 0 Å². The fourth-order valence-corrected chi connectivity index (χ4v) is 2.48. The highest BCUT2D eigenvalue weighted by Crippen LogP contribution is 2.39. The molecule has 1 saturated carbocycles. The molecule has 0 amide bonds. The highest BCUT2D eigenvalue weighted by Gasteiger charge is 2.26. The van der Waals surface area contributed by atoms with Crippen LogP contribution >= 0.6 is 0 Å². The van der Waals surface area contributed by atoms with Gasteiger partial charge in [0.25, 0.3) is 0 Å². The van der Waals surface area contributed by atoms with E-state index in [4.69, 9.17) is 4.98 Å². The minimum atomic E-state index is 0.722. The van der Waals surface area contributed by atoms with Crippen molar-refractivity contribution >= 4 is 0 Å². The van der Waals surface area contributed by atoms with Gasteiger partial charge >= 0.3 is 0 Å². The summed E-state index contributed by atoms with van der Waals surface area (Å²) in [6.45, 7) is 7.48. The van der Waals surface area contributed by atoms with E-state index in [1.807, 2.05) is 0 Å². The maximum Gasteiger partial charge on any atom is 0.142 e. The van der Waals surface area contributed by atoms with Crippen molar-refractivity contribution in [2.75, 3.05) is 26.2 Å². The summed E-state index contributed by atoms with van der Waals surface area (Å²) in [7, 11) is 0. The van der Waals surface area contributed by atoms with Crippen LogP contribution in [0.15, 0.2) is 6.07 Å². The standard InChI is InChI=1S/C14H22N4/c1-2-12-9-13(11-3-4-11)17-14(16-12)10-18-7-5-15-6-8-18/h9,11,15H,2-8,10H2,1H3. The van der Waals surface area contributed by atoms with E-state index in [9.17, 15) is 0 Å². The average molecular weight is 246 g/mol. The molecule has 3 rings (SSSR count). The van der Waals surface area contributed by atoms with Gasteiger partial charge in [0.1, 0.15) is 5.82 Å². The molecule has 98 valence electrons. The van der Waals surface area contributed by atoms with E-state index in [-0.39, 0.29) is 0 Å². The Labute approximate surface area is 109 Å². The molecule has 1 N–H and O–H groups in total. The third-order valence-electron chi connectivity index (χ3n) is 3.78. The first kappa shape index (κ1) is 12.1. The van der Waals surface area contributed by atoms with Gasteiger partial charge in [-0.3, -0.25) is 4.90 Å². The number of rotatable bonds is 4. The van der Waals surface area contributed by atoms with Crippen molar-refractivity contribution in [3.05, 3.63) is 23.3 Å². The summed E-state index contributed by atoms with van der Waals surface area (Å²) in [5.74, 6) is 1.75. The highest BCUT2D eigenvalue weighted by molar-refractivity contribution is 5.19. The zero-order chi connectivity index (χ0) is 12.4. The summed E-state index contributed by atoms with van der Waals surface area (Å²) in [4.78, 5) is 11.9. The first-order chi connectivity index (χ1) is 8.85. The lowest BCUT2D eigenvalue weighted by molar-refractivity contribution is 0.227. The summed E-state index contributed by atoms with van der Waals surface area (Å²) >= 11 is 0. The normalized spacial score (nSPS) is 21.2. The first-order valence-corrected chi connectivity index (χ1v) is 7.15. The molecule has 4 nitrogen and oxygen atoms in total. The quantitative estimate of drug-likeness (QED) is 0.870. The molecule has 1 aliphatic heterocycles. The van der Waals surface area contributed by atoms with E-state index in [0.717, 1.165) is 50.9 Å². The van der Waals surface area contributed by atoms with Gasteiger partial charge in [-0.1, -0.05) is 6.92 Å². The molecule has 4 heteroatoms. The lowest BCUT2D eigenvalue weighted by Gasteiger charge is -2.26. The number of aromatic nitrogens is 2. The van der Waals surface area contributed by atoms with Crippen molar-refractivity contribution in [2.24, 2.45) is 0 Å². The van der Waals surface area contributed by atoms with E-state index in [1.165, 1.54) is 24.2 Å². The monoisotopic (exact) mass is 246 g/mol. The van der Waals surface area contributed by atoms with Crippen molar-refractivity contribution in [3.8, 4) is 0 Å². The molecule has 0 atom stereocenters. The predicted molar refractivity (Wildman–Crippen MR) is 71.5 cm³/mol. The largest absolute Gasteiger partial charge is 0.314 e. The number of aryl methyl sites for hydroxylation is 1. The smallest absolute Gasteiger partial charge is 0.142 e. The fraction of sp³-hybridized carbons (Fsp3) is 0.714. The van der Waals surface area contributed by atoms with E-state index in [1.54, 1.807) is 0 Å². The first-order valence-electron chi connectivity index (χ1n) is 7.15. The lowest BCUT2D eigenvalue weighted by atomic mass is 10.2. The molecule has 0 spiro atoms. The molecule has 1 aromatic rings. The number of hydrogen-bond donors (Lipinski definition) is 1. The van der Waals surface area contributed by atoms with Crippen molar-refractivity contribution in [3.63, 3.8) is 0 Å². The Morgan fingerprint density at radius 2 is 2.06 bits per heavy atom. The molecule has 2 heterocycles. The molecule has 0 bridgehead atoms. The summed E-state index contributed by atoms with van der Waals surface area (Å²) in [6, 6.07) is 2.21. The minimum absolute atomic E-state index is 0.722. The van der Waals surface area contributed by atoms with E-state index < -0.39 is 0 Å². The molecule has 2 aliphatic rings. The van der Waals surface area contributed by atoms with Crippen molar-refractivity contribution in [1.82, 2.24) is 20.2 Å². The number of piperazine rings is 1. The molecule has 0 radical (unpaired) electrons. The summed E-state index contributed by atoms with van der Waals surface area (Å²) in [5.41, 5.74) is 2.49. The Morgan fingerprint density at radius 1 is 1.28 bits per heavy atom. The molecule has 0 aromatic carbocycles. The molecule has 1 aliphatic carbocycles. The SMILES string of the molecule is CCc1cc(C2CC2)nc(CN2CCNCC2)n1. The van der Waals surface area contributed by atoms with Gasteiger partial charge in [-0.2, -0.15) is 0 Å². The van der Waals surface area contributed by atoms with Crippen LogP contribution in [0, 0.1) is 0 Å². The Bertz CT molecular complexity index is 408. The molecule has 18 heavy (non-hydrogen) atoms. The van der Waals surface area contributed by atoms with Crippen molar-refractivity contribution in [1.29, 1.82) is 0 Å². The third-order valence-corrected chi connectivity index (χ3v) is 3.78. The Balaban J connectivity index is 1.74. The molecule has 2 fully saturated rings. The van der Waals surface area contributed by atoms with Crippen LogP contribution in [0.25, 0.3) is 0 Å². The van der Waals surface area contributed by atoms with Crippen LogP contribution in [0.3, 0.4) is 0 Å². The Kier molecular flexibility index (Phi) is 3.57. The zero-order valence-corrected chi connectivity index (χ0v) is 11.2. The number of hydrogen-bond acceptors (Lipinski definition) is 4.